The lowest BCUT2D eigenvalue weighted by Gasteiger charge is -2.24. The van der Waals surface area contributed by atoms with Gasteiger partial charge in [0.15, 0.2) is 5.76 Å². The van der Waals surface area contributed by atoms with Crippen LogP contribution in [-0.4, -0.2) is 41.6 Å². The average molecular weight is 630 g/mol. The van der Waals surface area contributed by atoms with Gasteiger partial charge in [0.2, 0.25) is 5.82 Å². The molecule has 0 amide bonds. The van der Waals surface area contributed by atoms with Gasteiger partial charge in [0.05, 0.1) is 11.5 Å². The van der Waals surface area contributed by atoms with Crippen molar-refractivity contribution < 1.29 is 22.4 Å². The van der Waals surface area contributed by atoms with Crippen molar-refractivity contribution in [1.29, 1.82) is 0 Å². The highest BCUT2D eigenvalue weighted by Gasteiger charge is 2.33. The summed E-state index contributed by atoms with van der Waals surface area (Å²) in [5.74, 6) is 0.336. The summed E-state index contributed by atoms with van der Waals surface area (Å²) >= 11 is 9.92. The second-order valence-corrected chi connectivity index (χ2v) is 18.2. The average Bonchev–Trinajstić information content (AvgIpc) is 3.19. The minimum absolute atomic E-state index is 0.00569. The first-order valence-electron chi connectivity index (χ1n) is 12.1. The van der Waals surface area contributed by atoms with Crippen LogP contribution >= 0.6 is 27.5 Å². The molecule has 2 aromatic carbocycles. The molecule has 37 heavy (non-hydrogen) atoms. The second-order valence-electron chi connectivity index (χ2n) is 9.84. The zero-order valence-electron chi connectivity index (χ0n) is 21.9. The van der Waals surface area contributed by atoms with Crippen LogP contribution in [0.5, 0.6) is 0 Å². The van der Waals surface area contributed by atoms with Gasteiger partial charge in [-0.25, -0.2) is 12.7 Å². The van der Waals surface area contributed by atoms with Crippen molar-refractivity contribution >= 4 is 51.4 Å². The molecule has 0 aliphatic carbocycles. The molecule has 202 valence electrons. The fourth-order valence-electron chi connectivity index (χ4n) is 3.63. The van der Waals surface area contributed by atoms with Gasteiger partial charge in [0, 0.05) is 32.2 Å². The van der Waals surface area contributed by atoms with Gasteiger partial charge in [-0.2, -0.15) is 0 Å². The van der Waals surface area contributed by atoms with Gasteiger partial charge in [0.1, 0.15) is 11.8 Å². The number of alkyl halides is 1. The second kappa shape index (κ2) is 12.9. The molecule has 0 N–H and O–H groups in total. The van der Waals surface area contributed by atoms with Crippen molar-refractivity contribution in [2.75, 3.05) is 24.2 Å². The monoisotopic (exact) mass is 628 g/mol. The molecule has 0 fully saturated rings. The minimum atomic E-state index is -4.15. The number of benzene rings is 2. The van der Waals surface area contributed by atoms with Gasteiger partial charge >= 0.3 is 0 Å². The normalized spacial score (nSPS) is 12.2. The third kappa shape index (κ3) is 7.45. The molecule has 0 unspecified atom stereocenters. The van der Waals surface area contributed by atoms with Crippen LogP contribution < -0.4 is 4.31 Å². The first-order valence-corrected chi connectivity index (χ1v) is 18.7. The van der Waals surface area contributed by atoms with E-state index in [1.165, 1.54) is 0 Å². The topological polar surface area (TPSA) is 81.9 Å². The fraction of sp³-hybridized carbons (Fsp3) is 0.423. The van der Waals surface area contributed by atoms with E-state index in [-0.39, 0.29) is 22.5 Å². The van der Waals surface area contributed by atoms with Gasteiger partial charge in [-0.05, 0) is 42.6 Å². The molecule has 1 aromatic heterocycles. The Morgan fingerprint density at radius 3 is 2.46 bits per heavy atom. The maximum atomic E-state index is 14.2. The van der Waals surface area contributed by atoms with E-state index >= 15 is 0 Å². The predicted octanol–water partition coefficient (Wildman–Crippen LogP) is 7.24. The van der Waals surface area contributed by atoms with Crippen molar-refractivity contribution in [3.8, 4) is 11.1 Å². The van der Waals surface area contributed by atoms with Crippen LogP contribution in [0.4, 0.5) is 5.82 Å². The van der Waals surface area contributed by atoms with Crippen molar-refractivity contribution in [2.45, 2.75) is 56.4 Å². The van der Waals surface area contributed by atoms with Crippen molar-refractivity contribution in [1.82, 2.24) is 5.16 Å². The van der Waals surface area contributed by atoms with Crippen LogP contribution in [0.25, 0.3) is 11.1 Å². The molecule has 3 aromatic rings. The van der Waals surface area contributed by atoms with Crippen LogP contribution in [-0.2, 0) is 31.4 Å². The summed E-state index contributed by atoms with van der Waals surface area (Å²) in [6, 6.07) is 13.7. The number of nitrogens with zero attached hydrogens (tertiary/aromatic N) is 2. The summed E-state index contributed by atoms with van der Waals surface area (Å²) in [7, 11) is -5.52. The zero-order valence-corrected chi connectivity index (χ0v) is 26.0. The smallest absolute Gasteiger partial charge is 0.268 e. The lowest BCUT2D eigenvalue weighted by molar-refractivity contribution is 0.134. The Labute approximate surface area is 234 Å². The van der Waals surface area contributed by atoms with Crippen LogP contribution in [0.15, 0.2) is 51.9 Å². The first kappa shape index (κ1) is 29.9. The molecule has 1 heterocycles. The van der Waals surface area contributed by atoms with Crippen LogP contribution in [0.3, 0.4) is 0 Å². The van der Waals surface area contributed by atoms with Gasteiger partial charge in [-0.3, -0.25) is 0 Å². The molecule has 0 radical (unpaired) electrons. The number of anilines is 1. The Kier molecular flexibility index (Phi) is 10.4. The number of sulfonamides is 1. The van der Waals surface area contributed by atoms with E-state index in [1.807, 2.05) is 31.2 Å². The van der Waals surface area contributed by atoms with Crippen molar-refractivity contribution in [3.63, 3.8) is 0 Å². The highest BCUT2D eigenvalue weighted by Crippen LogP contribution is 2.37. The quantitative estimate of drug-likeness (QED) is 0.0858. The third-order valence-corrected chi connectivity index (χ3v) is 10.3. The van der Waals surface area contributed by atoms with Crippen LogP contribution in [0.1, 0.15) is 23.8 Å². The molecule has 0 saturated heterocycles. The Bertz CT molecular complexity index is 1310. The zero-order chi connectivity index (χ0) is 27.2. The molecule has 3 rings (SSSR count). The number of halogens is 2. The molecular weight excluding hydrogens is 596 g/mol. The summed E-state index contributed by atoms with van der Waals surface area (Å²) in [6.07, 6.45) is 0. The Hall–Kier alpha value is -1.69. The van der Waals surface area contributed by atoms with Gasteiger partial charge < -0.3 is 14.0 Å². The van der Waals surface area contributed by atoms with Gasteiger partial charge in [0.25, 0.3) is 10.0 Å². The molecular formula is C26H34BrClN2O5SSi. The molecule has 7 nitrogen and oxygen atoms in total. The number of hydrogen-bond acceptors (Lipinski definition) is 6. The van der Waals surface area contributed by atoms with E-state index in [0.717, 1.165) is 27.0 Å². The van der Waals surface area contributed by atoms with Crippen LogP contribution in [0, 0.1) is 6.92 Å². The Morgan fingerprint density at radius 2 is 1.84 bits per heavy atom. The van der Waals surface area contributed by atoms with Gasteiger partial charge in [-0.1, -0.05) is 88.7 Å². The van der Waals surface area contributed by atoms with Crippen molar-refractivity contribution in [3.05, 3.63) is 64.4 Å². The van der Waals surface area contributed by atoms with Gasteiger partial charge in [-0.15, -0.1) is 0 Å². The summed E-state index contributed by atoms with van der Waals surface area (Å²) in [5, 5.41) is 4.77. The van der Waals surface area contributed by atoms with E-state index in [1.54, 1.807) is 25.1 Å². The largest absolute Gasteiger partial charge is 0.377 e. The number of rotatable bonds is 13. The predicted molar refractivity (Wildman–Crippen MR) is 155 cm³/mol. The van der Waals surface area contributed by atoms with Crippen molar-refractivity contribution in [2.24, 2.45) is 0 Å². The summed E-state index contributed by atoms with van der Waals surface area (Å²) < 4.78 is 46.3. The lowest BCUT2D eigenvalue weighted by atomic mass is 9.98. The third-order valence-electron chi connectivity index (χ3n) is 5.75. The number of aromatic nitrogens is 1. The van der Waals surface area contributed by atoms with E-state index in [4.69, 9.17) is 25.6 Å². The molecule has 11 heteroatoms. The minimum Gasteiger partial charge on any atom is -0.377 e. The number of aryl methyl sites for hydroxylation is 1. The maximum Gasteiger partial charge on any atom is 0.268 e. The Balaban J connectivity index is 2.09. The Morgan fingerprint density at radius 1 is 1.11 bits per heavy atom. The fourth-order valence-corrected chi connectivity index (χ4v) is 6.47. The molecule has 0 spiro atoms. The molecule has 0 atom stereocenters. The molecule has 0 bridgehead atoms. The van der Waals surface area contributed by atoms with E-state index in [0.29, 0.717) is 36.5 Å². The molecule has 0 aliphatic rings. The molecule has 0 saturated carbocycles. The summed E-state index contributed by atoms with van der Waals surface area (Å²) in [6.45, 7) is 11.4. The number of hydrogen-bond donors (Lipinski definition) is 0. The SMILES string of the molecule is CCOCc1cc(CBr)ccc1-c1ccccc1S(=O)(=O)N(COCC[Si](C)(C)C)c1noc(C)c1Cl. The van der Waals surface area contributed by atoms with Crippen LogP contribution in [0.2, 0.25) is 30.7 Å². The molecule has 0 aliphatic heterocycles. The van der Waals surface area contributed by atoms with E-state index < -0.39 is 18.1 Å². The standard InChI is InChI=1S/C26H34BrClN2O5SSi/c1-6-33-17-21-15-20(16-27)11-12-22(21)23-9-7-8-10-24(23)36(31,32)30(18-34-13-14-37(3,4)5)26-25(28)19(2)35-29-26/h7-12,15H,6,13-14,16-18H2,1-5H3. The summed E-state index contributed by atoms with van der Waals surface area (Å²) in [4.78, 5) is 0.116. The van der Waals surface area contributed by atoms with E-state index in [2.05, 4.69) is 40.7 Å². The summed E-state index contributed by atoms with van der Waals surface area (Å²) in [5.41, 5.74) is 3.30. The maximum absolute atomic E-state index is 14.2. The first-order chi connectivity index (χ1) is 17.5. The highest BCUT2D eigenvalue weighted by atomic mass is 79.9. The number of ether oxygens (including phenoxy) is 2. The lowest BCUT2D eigenvalue weighted by Crippen LogP contribution is -2.35. The van der Waals surface area contributed by atoms with E-state index in [9.17, 15) is 8.42 Å². The highest BCUT2D eigenvalue weighted by molar-refractivity contribution is 9.08.